The highest BCUT2D eigenvalue weighted by atomic mass is 15.2. The molecule has 1 saturated heterocycles. The molecule has 1 aromatic heterocycles. The monoisotopic (exact) mass is 281 g/mol. The van der Waals surface area contributed by atoms with Crippen LogP contribution in [0.4, 0.5) is 11.5 Å². The van der Waals surface area contributed by atoms with Crippen LogP contribution in [-0.4, -0.2) is 31.2 Å². The molecule has 0 bridgehead atoms. The average Bonchev–Trinajstić information content (AvgIpc) is 2.82. The van der Waals surface area contributed by atoms with E-state index in [2.05, 4.69) is 58.1 Å². The second-order valence-electron chi connectivity index (χ2n) is 5.54. The highest BCUT2D eigenvalue weighted by molar-refractivity contribution is 5.49. The number of hydrogen-bond donors (Lipinski definition) is 0. The number of hydrogen-bond acceptors (Lipinski definition) is 3. The molecule has 3 heteroatoms. The van der Waals surface area contributed by atoms with Gasteiger partial charge in [0.25, 0.3) is 0 Å². The fraction of sp³-hybridized carbons (Fsp3) is 0.389. The normalized spacial score (nSPS) is 15.9. The molecule has 0 radical (unpaired) electrons. The number of pyridine rings is 1. The molecule has 2 aromatic rings. The highest BCUT2D eigenvalue weighted by Crippen LogP contribution is 2.19. The number of aryl methyl sites for hydroxylation is 1. The molecule has 1 aliphatic rings. The predicted molar refractivity (Wildman–Crippen MR) is 89.1 cm³/mol. The Kier molecular flexibility index (Phi) is 4.39. The third-order valence-corrected chi connectivity index (χ3v) is 4.18. The van der Waals surface area contributed by atoms with E-state index in [1.54, 1.807) is 0 Å². The zero-order valence-corrected chi connectivity index (χ0v) is 12.7. The molecule has 0 N–H and O–H groups in total. The summed E-state index contributed by atoms with van der Waals surface area (Å²) in [6.07, 6.45) is 4.15. The van der Waals surface area contributed by atoms with Crippen LogP contribution in [0.2, 0.25) is 0 Å². The van der Waals surface area contributed by atoms with Crippen molar-refractivity contribution in [2.45, 2.75) is 19.8 Å². The Balaban J connectivity index is 1.67. The molecule has 3 rings (SSSR count). The van der Waals surface area contributed by atoms with Crippen LogP contribution in [0.3, 0.4) is 0 Å². The minimum atomic E-state index is 1.03. The molecule has 21 heavy (non-hydrogen) atoms. The van der Waals surface area contributed by atoms with E-state index < -0.39 is 0 Å². The number of rotatable bonds is 3. The lowest BCUT2D eigenvalue weighted by atomic mass is 10.1. The minimum absolute atomic E-state index is 1.03. The molecular weight excluding hydrogens is 258 g/mol. The van der Waals surface area contributed by atoms with Gasteiger partial charge in [-0.05, 0) is 42.7 Å². The van der Waals surface area contributed by atoms with Crippen molar-refractivity contribution in [3.63, 3.8) is 0 Å². The van der Waals surface area contributed by atoms with Crippen LogP contribution in [0.5, 0.6) is 0 Å². The third kappa shape index (κ3) is 3.35. The highest BCUT2D eigenvalue weighted by Gasteiger charge is 2.15. The molecular formula is C18H23N3. The van der Waals surface area contributed by atoms with Crippen LogP contribution in [0.15, 0.2) is 48.7 Å². The largest absolute Gasteiger partial charge is 0.370 e. The van der Waals surface area contributed by atoms with Crippen LogP contribution in [-0.2, 0) is 6.42 Å². The summed E-state index contributed by atoms with van der Waals surface area (Å²) in [5.41, 5.74) is 2.75. The number of anilines is 2. The topological polar surface area (TPSA) is 19.4 Å². The Morgan fingerprint density at radius 1 is 0.905 bits per heavy atom. The van der Waals surface area contributed by atoms with Crippen LogP contribution in [0.25, 0.3) is 0 Å². The fourth-order valence-corrected chi connectivity index (χ4v) is 2.89. The molecule has 3 nitrogen and oxygen atoms in total. The lowest BCUT2D eigenvalue weighted by Gasteiger charge is -2.24. The molecule has 1 aliphatic heterocycles. The van der Waals surface area contributed by atoms with Crippen molar-refractivity contribution in [3.8, 4) is 0 Å². The van der Waals surface area contributed by atoms with E-state index in [-0.39, 0.29) is 0 Å². The van der Waals surface area contributed by atoms with Crippen molar-refractivity contribution in [1.82, 2.24) is 4.98 Å². The second-order valence-corrected chi connectivity index (χ2v) is 5.54. The summed E-state index contributed by atoms with van der Waals surface area (Å²) < 4.78 is 0. The van der Waals surface area contributed by atoms with Gasteiger partial charge in [0.2, 0.25) is 0 Å². The van der Waals surface area contributed by atoms with Crippen LogP contribution in [0, 0.1) is 0 Å². The molecule has 0 amide bonds. The van der Waals surface area contributed by atoms with Gasteiger partial charge in [-0.25, -0.2) is 4.98 Å². The first-order valence-corrected chi connectivity index (χ1v) is 7.86. The van der Waals surface area contributed by atoms with Gasteiger partial charge in [0.15, 0.2) is 0 Å². The van der Waals surface area contributed by atoms with Gasteiger partial charge in [-0.2, -0.15) is 0 Å². The molecule has 0 atom stereocenters. The third-order valence-electron chi connectivity index (χ3n) is 4.18. The molecule has 0 unspecified atom stereocenters. The lowest BCUT2D eigenvalue weighted by molar-refractivity contribution is 0.798. The first-order valence-electron chi connectivity index (χ1n) is 7.86. The second kappa shape index (κ2) is 6.61. The first-order chi connectivity index (χ1) is 10.4. The Morgan fingerprint density at radius 2 is 1.67 bits per heavy atom. The SMILES string of the molecule is CCc1ccc(N2CCCN(c3ccccn3)CC2)cc1. The molecule has 0 saturated carbocycles. The van der Waals surface area contributed by atoms with Crippen molar-refractivity contribution < 1.29 is 0 Å². The van der Waals surface area contributed by atoms with E-state index in [1.165, 1.54) is 17.7 Å². The number of nitrogens with zero attached hydrogens (tertiary/aromatic N) is 3. The maximum Gasteiger partial charge on any atom is 0.128 e. The van der Waals surface area contributed by atoms with E-state index in [0.717, 1.165) is 38.4 Å². The van der Waals surface area contributed by atoms with E-state index in [1.807, 2.05) is 12.3 Å². The maximum absolute atomic E-state index is 4.47. The zero-order chi connectivity index (χ0) is 14.5. The standard InChI is InChI=1S/C18H23N3/c1-2-16-7-9-17(10-8-16)20-12-5-13-21(15-14-20)18-6-3-4-11-19-18/h3-4,6-11H,2,5,12-15H2,1H3. The molecule has 0 spiro atoms. The summed E-state index contributed by atoms with van der Waals surface area (Å²) >= 11 is 0. The van der Waals surface area contributed by atoms with E-state index in [0.29, 0.717) is 0 Å². The van der Waals surface area contributed by atoms with E-state index in [9.17, 15) is 0 Å². The van der Waals surface area contributed by atoms with Gasteiger partial charge in [-0.3, -0.25) is 0 Å². The van der Waals surface area contributed by atoms with Crippen molar-refractivity contribution in [2.24, 2.45) is 0 Å². The zero-order valence-electron chi connectivity index (χ0n) is 12.7. The summed E-state index contributed by atoms with van der Waals surface area (Å²) in [5.74, 6) is 1.10. The van der Waals surface area contributed by atoms with Gasteiger partial charge in [-0.1, -0.05) is 25.1 Å². The molecule has 1 fully saturated rings. The lowest BCUT2D eigenvalue weighted by Crippen LogP contribution is -2.31. The predicted octanol–water partition coefficient (Wildman–Crippen LogP) is 3.36. The van der Waals surface area contributed by atoms with Crippen molar-refractivity contribution in [2.75, 3.05) is 36.0 Å². The summed E-state index contributed by atoms with van der Waals surface area (Å²) in [5, 5.41) is 0. The van der Waals surface area contributed by atoms with Gasteiger partial charge >= 0.3 is 0 Å². The fourth-order valence-electron chi connectivity index (χ4n) is 2.89. The first kappa shape index (κ1) is 13.9. The summed E-state index contributed by atoms with van der Waals surface area (Å²) in [4.78, 5) is 9.35. The average molecular weight is 281 g/mol. The molecule has 110 valence electrons. The molecule has 1 aromatic carbocycles. The quantitative estimate of drug-likeness (QED) is 0.860. The van der Waals surface area contributed by atoms with E-state index >= 15 is 0 Å². The Hall–Kier alpha value is -2.03. The number of aromatic nitrogens is 1. The van der Waals surface area contributed by atoms with Crippen molar-refractivity contribution in [3.05, 3.63) is 54.2 Å². The van der Waals surface area contributed by atoms with Gasteiger partial charge in [0, 0.05) is 38.1 Å². The summed E-state index contributed by atoms with van der Waals surface area (Å²) in [6.45, 7) is 6.50. The molecule has 0 aliphatic carbocycles. The van der Waals surface area contributed by atoms with Gasteiger partial charge in [0.05, 0.1) is 0 Å². The Morgan fingerprint density at radius 3 is 2.38 bits per heavy atom. The van der Waals surface area contributed by atoms with E-state index in [4.69, 9.17) is 0 Å². The Labute approximate surface area is 127 Å². The van der Waals surface area contributed by atoms with Crippen LogP contribution >= 0.6 is 0 Å². The Bertz CT molecular complexity index is 550. The number of benzene rings is 1. The minimum Gasteiger partial charge on any atom is -0.370 e. The summed E-state index contributed by atoms with van der Waals surface area (Å²) in [6, 6.07) is 15.2. The van der Waals surface area contributed by atoms with Crippen LogP contribution < -0.4 is 9.80 Å². The van der Waals surface area contributed by atoms with Gasteiger partial charge in [-0.15, -0.1) is 0 Å². The summed E-state index contributed by atoms with van der Waals surface area (Å²) in [7, 11) is 0. The van der Waals surface area contributed by atoms with Gasteiger partial charge < -0.3 is 9.80 Å². The molecule has 2 heterocycles. The maximum atomic E-state index is 4.47. The van der Waals surface area contributed by atoms with Crippen LogP contribution in [0.1, 0.15) is 18.9 Å². The van der Waals surface area contributed by atoms with Gasteiger partial charge in [0.1, 0.15) is 5.82 Å². The smallest absolute Gasteiger partial charge is 0.128 e. The van der Waals surface area contributed by atoms with Crippen molar-refractivity contribution in [1.29, 1.82) is 0 Å². The van der Waals surface area contributed by atoms with Crippen molar-refractivity contribution >= 4 is 11.5 Å².